The maximum atomic E-state index is 12.4. The van der Waals surface area contributed by atoms with Gasteiger partial charge in [0.1, 0.15) is 0 Å². The molecule has 1 amide bonds. The minimum absolute atomic E-state index is 0.0966. The second-order valence-corrected chi connectivity index (χ2v) is 6.90. The van der Waals surface area contributed by atoms with Crippen molar-refractivity contribution in [3.8, 4) is 17.6 Å². The van der Waals surface area contributed by atoms with Crippen molar-refractivity contribution in [2.45, 2.75) is 26.4 Å². The van der Waals surface area contributed by atoms with Crippen LogP contribution >= 0.6 is 15.9 Å². The largest absolute Gasteiger partial charge is 0.490 e. The minimum Gasteiger partial charge on any atom is -0.490 e. The molecule has 2 rings (SSSR count). The second-order valence-electron chi connectivity index (χ2n) is 6.04. The molecule has 24 heavy (non-hydrogen) atoms. The first-order chi connectivity index (χ1) is 11.4. The van der Waals surface area contributed by atoms with Crippen LogP contribution in [0.4, 0.5) is 0 Å². The predicted molar refractivity (Wildman–Crippen MR) is 92.1 cm³/mol. The molecule has 1 aliphatic rings. The van der Waals surface area contributed by atoms with Gasteiger partial charge >= 0.3 is 0 Å². The molecule has 0 aromatic heterocycles. The molecule has 0 aliphatic carbocycles. The fourth-order valence-electron chi connectivity index (χ4n) is 2.49. The van der Waals surface area contributed by atoms with E-state index in [0.29, 0.717) is 47.8 Å². The summed E-state index contributed by atoms with van der Waals surface area (Å²) in [7, 11) is 0. The Labute approximate surface area is 150 Å². The van der Waals surface area contributed by atoms with Gasteiger partial charge in [-0.2, -0.15) is 5.26 Å². The maximum Gasteiger partial charge on any atom is 0.260 e. The van der Waals surface area contributed by atoms with Crippen molar-refractivity contribution in [2.24, 2.45) is 0 Å². The van der Waals surface area contributed by atoms with E-state index in [9.17, 15) is 4.79 Å². The summed E-state index contributed by atoms with van der Waals surface area (Å²) in [6.45, 7) is 7.70. The Bertz CT molecular complexity index is 655. The highest BCUT2D eigenvalue weighted by Crippen LogP contribution is 2.36. The standard InChI is InChI=1S/C17H21BrN2O4/c1-4-22-14-8-12(9-19)7-13(18)16(14)23-10-15(21)20-5-6-24-17(2,3)11-20/h7-8H,4-6,10-11H2,1-3H3. The molecule has 6 nitrogen and oxygen atoms in total. The van der Waals surface area contributed by atoms with Gasteiger partial charge in [-0.1, -0.05) is 0 Å². The Kier molecular flexibility index (Phi) is 6.08. The summed E-state index contributed by atoms with van der Waals surface area (Å²) in [5.74, 6) is 0.764. The van der Waals surface area contributed by atoms with Crippen LogP contribution in [0.5, 0.6) is 11.5 Å². The Morgan fingerprint density at radius 2 is 2.21 bits per heavy atom. The normalized spacial score (nSPS) is 16.4. The van der Waals surface area contributed by atoms with Gasteiger partial charge in [-0.3, -0.25) is 4.79 Å². The number of rotatable bonds is 5. The van der Waals surface area contributed by atoms with Gasteiger partial charge in [-0.25, -0.2) is 0 Å². The van der Waals surface area contributed by atoms with Crippen LogP contribution in [0.25, 0.3) is 0 Å². The second kappa shape index (κ2) is 7.86. The summed E-state index contributed by atoms with van der Waals surface area (Å²) >= 11 is 3.37. The zero-order valence-corrected chi connectivity index (χ0v) is 15.7. The van der Waals surface area contributed by atoms with Crippen LogP contribution in [-0.2, 0) is 9.53 Å². The number of halogens is 1. The highest BCUT2D eigenvalue weighted by molar-refractivity contribution is 9.10. The topological polar surface area (TPSA) is 71.8 Å². The summed E-state index contributed by atoms with van der Waals surface area (Å²) in [5, 5.41) is 9.04. The Balaban J connectivity index is 2.08. The maximum absolute atomic E-state index is 12.4. The van der Waals surface area contributed by atoms with Crippen LogP contribution in [-0.4, -0.2) is 49.3 Å². The lowest BCUT2D eigenvalue weighted by atomic mass is 10.1. The molecule has 7 heteroatoms. The van der Waals surface area contributed by atoms with Crippen LogP contribution in [0, 0.1) is 11.3 Å². The van der Waals surface area contributed by atoms with Crippen LogP contribution in [0.2, 0.25) is 0 Å². The fourth-order valence-corrected chi connectivity index (χ4v) is 3.05. The van der Waals surface area contributed by atoms with Gasteiger partial charge in [-0.15, -0.1) is 0 Å². The third-order valence-corrected chi connectivity index (χ3v) is 4.15. The summed E-state index contributed by atoms with van der Waals surface area (Å²) in [4.78, 5) is 14.1. The van der Waals surface area contributed by atoms with Gasteiger partial charge in [0.25, 0.3) is 5.91 Å². The van der Waals surface area contributed by atoms with Crippen molar-refractivity contribution in [1.82, 2.24) is 4.90 Å². The molecule has 1 aliphatic heterocycles. The van der Waals surface area contributed by atoms with Crippen LogP contribution < -0.4 is 9.47 Å². The molecular weight excluding hydrogens is 376 g/mol. The van der Waals surface area contributed by atoms with Crippen molar-refractivity contribution < 1.29 is 19.0 Å². The third-order valence-electron chi connectivity index (χ3n) is 3.56. The minimum atomic E-state index is -0.348. The fraction of sp³-hybridized carbons (Fsp3) is 0.529. The number of amides is 1. The van der Waals surface area contributed by atoms with Gasteiger partial charge in [0.15, 0.2) is 18.1 Å². The summed E-state index contributed by atoms with van der Waals surface area (Å²) in [5.41, 5.74) is 0.110. The summed E-state index contributed by atoms with van der Waals surface area (Å²) < 4.78 is 17.4. The number of nitriles is 1. The van der Waals surface area contributed by atoms with E-state index in [1.54, 1.807) is 17.0 Å². The van der Waals surface area contributed by atoms with Crippen LogP contribution in [0.1, 0.15) is 26.3 Å². The first-order valence-corrected chi connectivity index (χ1v) is 8.56. The zero-order chi connectivity index (χ0) is 17.7. The van der Waals surface area contributed by atoms with E-state index in [1.807, 2.05) is 20.8 Å². The number of morpholine rings is 1. The van der Waals surface area contributed by atoms with Gasteiger partial charge < -0.3 is 19.1 Å². The third kappa shape index (κ3) is 4.62. The monoisotopic (exact) mass is 396 g/mol. The number of benzene rings is 1. The molecule has 0 spiro atoms. The van der Waals surface area contributed by atoms with Crippen molar-refractivity contribution in [3.63, 3.8) is 0 Å². The molecule has 0 bridgehead atoms. The van der Waals surface area contributed by atoms with E-state index >= 15 is 0 Å². The van der Waals surface area contributed by atoms with E-state index in [2.05, 4.69) is 22.0 Å². The predicted octanol–water partition coefficient (Wildman–Crippen LogP) is 2.74. The quantitative estimate of drug-likeness (QED) is 0.764. The number of carbonyl (C=O) groups is 1. The highest BCUT2D eigenvalue weighted by atomic mass is 79.9. The number of nitrogens with zero attached hydrogens (tertiary/aromatic N) is 2. The van der Waals surface area contributed by atoms with Gasteiger partial charge in [0, 0.05) is 19.2 Å². The van der Waals surface area contributed by atoms with E-state index in [4.69, 9.17) is 19.5 Å². The Morgan fingerprint density at radius 1 is 1.46 bits per heavy atom. The van der Waals surface area contributed by atoms with E-state index in [1.165, 1.54) is 0 Å². The van der Waals surface area contributed by atoms with Crippen LogP contribution in [0.3, 0.4) is 0 Å². The first kappa shape index (κ1) is 18.6. The molecule has 1 aromatic carbocycles. The SMILES string of the molecule is CCOc1cc(C#N)cc(Br)c1OCC(=O)N1CCOC(C)(C)C1. The van der Waals surface area contributed by atoms with Crippen molar-refractivity contribution in [1.29, 1.82) is 5.26 Å². The van der Waals surface area contributed by atoms with Gasteiger partial charge in [0.2, 0.25) is 0 Å². The molecule has 0 atom stereocenters. The molecule has 1 aromatic rings. The molecule has 0 unspecified atom stereocenters. The smallest absolute Gasteiger partial charge is 0.260 e. The summed E-state index contributed by atoms with van der Waals surface area (Å²) in [6.07, 6.45) is 0. The van der Waals surface area contributed by atoms with Crippen molar-refractivity contribution in [2.75, 3.05) is 32.9 Å². The molecule has 130 valence electrons. The number of ether oxygens (including phenoxy) is 3. The lowest BCUT2D eigenvalue weighted by Crippen LogP contribution is -2.51. The average molecular weight is 397 g/mol. The number of carbonyl (C=O) groups excluding carboxylic acids is 1. The lowest BCUT2D eigenvalue weighted by molar-refractivity contribution is -0.147. The number of hydrogen-bond acceptors (Lipinski definition) is 5. The molecule has 1 heterocycles. The first-order valence-electron chi connectivity index (χ1n) is 7.77. The van der Waals surface area contributed by atoms with Crippen molar-refractivity contribution in [3.05, 3.63) is 22.2 Å². The Hall–Kier alpha value is -1.78. The zero-order valence-electron chi connectivity index (χ0n) is 14.1. The Morgan fingerprint density at radius 3 is 2.83 bits per heavy atom. The van der Waals surface area contributed by atoms with Gasteiger partial charge in [-0.05, 0) is 42.8 Å². The van der Waals surface area contributed by atoms with Crippen LogP contribution in [0.15, 0.2) is 16.6 Å². The lowest BCUT2D eigenvalue weighted by Gasteiger charge is -2.38. The molecular formula is C17H21BrN2O4. The van der Waals surface area contributed by atoms with Gasteiger partial charge in [0.05, 0.1) is 34.9 Å². The summed E-state index contributed by atoms with van der Waals surface area (Å²) in [6, 6.07) is 5.31. The van der Waals surface area contributed by atoms with E-state index < -0.39 is 0 Å². The van der Waals surface area contributed by atoms with E-state index in [-0.39, 0.29) is 18.1 Å². The number of hydrogen-bond donors (Lipinski definition) is 0. The highest BCUT2D eigenvalue weighted by Gasteiger charge is 2.30. The molecule has 1 fully saturated rings. The molecule has 0 radical (unpaired) electrons. The van der Waals surface area contributed by atoms with Crippen molar-refractivity contribution >= 4 is 21.8 Å². The molecule has 0 N–H and O–H groups in total. The molecule has 1 saturated heterocycles. The van der Waals surface area contributed by atoms with E-state index in [0.717, 1.165) is 0 Å². The average Bonchev–Trinajstić information content (AvgIpc) is 2.52. The molecule has 0 saturated carbocycles.